The Kier molecular flexibility index (Phi) is 6.26. The van der Waals surface area contributed by atoms with E-state index in [9.17, 15) is 18.3 Å². The number of phenolic OH excluding ortho intramolecular Hbond substituents is 1. The van der Waals surface area contributed by atoms with Crippen molar-refractivity contribution in [1.29, 1.82) is 0 Å². The molecular formula is C21H24F3NO2. The molecule has 1 N–H and O–H groups in total. The molecule has 1 aliphatic rings. The number of rotatable bonds is 6. The van der Waals surface area contributed by atoms with Crippen LogP contribution in [0.2, 0.25) is 0 Å². The predicted octanol–water partition coefficient (Wildman–Crippen LogP) is 5.23. The van der Waals surface area contributed by atoms with Crippen LogP contribution in [0, 0.1) is 5.92 Å². The molecule has 3 rings (SSSR count). The van der Waals surface area contributed by atoms with Crippen LogP contribution < -0.4 is 4.90 Å². The first-order valence-electron chi connectivity index (χ1n) is 9.19. The van der Waals surface area contributed by atoms with Crippen molar-refractivity contribution in [2.75, 3.05) is 24.6 Å². The maximum Gasteiger partial charge on any atom is 0.416 e. The van der Waals surface area contributed by atoms with Crippen LogP contribution in [-0.4, -0.2) is 24.8 Å². The molecule has 27 heavy (non-hydrogen) atoms. The van der Waals surface area contributed by atoms with Gasteiger partial charge in [0.1, 0.15) is 5.75 Å². The Balaban J connectivity index is 1.35. The highest BCUT2D eigenvalue weighted by Gasteiger charge is 2.29. The Labute approximate surface area is 157 Å². The lowest BCUT2D eigenvalue weighted by Gasteiger charge is -2.33. The molecule has 1 heterocycles. The minimum Gasteiger partial charge on any atom is -0.508 e. The van der Waals surface area contributed by atoms with E-state index >= 15 is 0 Å². The van der Waals surface area contributed by atoms with Crippen LogP contribution >= 0.6 is 0 Å². The number of halogens is 3. The second-order valence-corrected chi connectivity index (χ2v) is 6.98. The molecule has 0 amide bonds. The fourth-order valence-electron chi connectivity index (χ4n) is 3.37. The number of nitrogens with zero attached hydrogens (tertiary/aromatic N) is 1. The van der Waals surface area contributed by atoms with Crippen molar-refractivity contribution >= 4 is 5.69 Å². The molecule has 0 aliphatic carbocycles. The van der Waals surface area contributed by atoms with E-state index in [-0.39, 0.29) is 5.75 Å². The average Bonchev–Trinajstić information content (AvgIpc) is 2.66. The van der Waals surface area contributed by atoms with E-state index in [1.807, 2.05) is 12.1 Å². The zero-order valence-corrected chi connectivity index (χ0v) is 15.1. The smallest absolute Gasteiger partial charge is 0.416 e. The van der Waals surface area contributed by atoms with E-state index in [1.165, 1.54) is 12.1 Å². The van der Waals surface area contributed by atoms with Gasteiger partial charge in [-0.1, -0.05) is 12.1 Å². The summed E-state index contributed by atoms with van der Waals surface area (Å²) < 4.78 is 43.3. The Morgan fingerprint density at radius 2 is 1.59 bits per heavy atom. The van der Waals surface area contributed by atoms with Gasteiger partial charge in [-0.25, -0.2) is 0 Å². The molecule has 1 aliphatic heterocycles. The van der Waals surface area contributed by atoms with E-state index in [0.29, 0.717) is 19.1 Å². The molecule has 1 saturated heterocycles. The van der Waals surface area contributed by atoms with E-state index in [0.717, 1.165) is 55.7 Å². The summed E-state index contributed by atoms with van der Waals surface area (Å²) >= 11 is 0. The van der Waals surface area contributed by atoms with Gasteiger partial charge >= 0.3 is 6.18 Å². The van der Waals surface area contributed by atoms with E-state index in [4.69, 9.17) is 4.74 Å². The molecule has 0 atom stereocenters. The number of alkyl halides is 3. The third-order valence-electron chi connectivity index (χ3n) is 5.05. The fraction of sp³-hybridized carbons (Fsp3) is 0.429. The second kappa shape index (κ2) is 8.65. The highest BCUT2D eigenvalue weighted by Crippen LogP contribution is 2.29. The minimum absolute atomic E-state index is 0.277. The molecule has 0 unspecified atom stereocenters. The molecule has 6 heteroatoms. The van der Waals surface area contributed by atoms with E-state index < -0.39 is 11.7 Å². The maximum atomic E-state index is 12.5. The molecular weight excluding hydrogens is 355 g/mol. The van der Waals surface area contributed by atoms with Crippen LogP contribution in [0.15, 0.2) is 48.5 Å². The minimum atomic E-state index is -4.30. The van der Waals surface area contributed by atoms with Gasteiger partial charge in [0.15, 0.2) is 0 Å². The summed E-state index contributed by atoms with van der Waals surface area (Å²) in [5.74, 6) is 0.879. The number of hydrogen-bond donors (Lipinski definition) is 1. The van der Waals surface area contributed by atoms with E-state index in [2.05, 4.69) is 4.90 Å². The van der Waals surface area contributed by atoms with Crippen molar-refractivity contribution < 1.29 is 23.0 Å². The normalized spacial score (nSPS) is 15.9. The first-order valence-corrected chi connectivity index (χ1v) is 9.19. The second-order valence-electron chi connectivity index (χ2n) is 6.98. The molecule has 0 aromatic heterocycles. The van der Waals surface area contributed by atoms with Gasteiger partial charge in [-0.2, -0.15) is 13.2 Å². The molecule has 3 nitrogen and oxygen atoms in total. The van der Waals surface area contributed by atoms with Gasteiger partial charge in [0, 0.05) is 25.4 Å². The molecule has 0 saturated carbocycles. The highest BCUT2D eigenvalue weighted by molar-refractivity contribution is 5.49. The lowest BCUT2D eigenvalue weighted by Crippen LogP contribution is -2.33. The lowest BCUT2D eigenvalue weighted by molar-refractivity contribution is -0.137. The Morgan fingerprint density at radius 3 is 2.19 bits per heavy atom. The number of phenols is 1. The van der Waals surface area contributed by atoms with Crippen molar-refractivity contribution in [3.63, 3.8) is 0 Å². The molecule has 2 aromatic rings. The monoisotopic (exact) mass is 379 g/mol. The Morgan fingerprint density at radius 1 is 0.963 bits per heavy atom. The van der Waals surface area contributed by atoms with Crippen molar-refractivity contribution in [2.45, 2.75) is 32.0 Å². The van der Waals surface area contributed by atoms with Crippen LogP contribution in [0.5, 0.6) is 5.75 Å². The average molecular weight is 379 g/mol. The SMILES string of the molecule is Oc1ccc(N2CCC(CCOCc3ccc(C(F)(F)F)cc3)CC2)cc1. The van der Waals surface area contributed by atoms with Gasteiger partial charge in [0.2, 0.25) is 0 Å². The van der Waals surface area contributed by atoms with Gasteiger partial charge < -0.3 is 14.7 Å². The Hall–Kier alpha value is -2.21. The summed E-state index contributed by atoms with van der Waals surface area (Å²) in [6, 6.07) is 12.4. The standard InChI is InChI=1S/C21H24F3NO2/c22-21(23,24)18-3-1-17(2-4-18)15-27-14-11-16-9-12-25(13-10-16)19-5-7-20(26)8-6-19/h1-8,16,26H,9-15H2. The molecule has 1 fully saturated rings. The van der Waals surface area contributed by atoms with Gasteiger partial charge in [0.25, 0.3) is 0 Å². The van der Waals surface area contributed by atoms with Crippen molar-refractivity contribution in [3.05, 3.63) is 59.7 Å². The molecule has 0 spiro atoms. The Bertz CT molecular complexity index is 706. The van der Waals surface area contributed by atoms with Crippen LogP contribution in [0.25, 0.3) is 0 Å². The number of piperidine rings is 1. The lowest BCUT2D eigenvalue weighted by atomic mass is 9.93. The van der Waals surface area contributed by atoms with Crippen LogP contribution in [0.1, 0.15) is 30.4 Å². The summed E-state index contributed by atoms with van der Waals surface area (Å²) in [6.45, 7) is 2.91. The zero-order valence-electron chi connectivity index (χ0n) is 15.1. The summed E-state index contributed by atoms with van der Waals surface area (Å²) in [4.78, 5) is 2.32. The number of benzene rings is 2. The topological polar surface area (TPSA) is 32.7 Å². The van der Waals surface area contributed by atoms with Gasteiger partial charge in [0.05, 0.1) is 12.2 Å². The van der Waals surface area contributed by atoms with Crippen LogP contribution in [0.3, 0.4) is 0 Å². The van der Waals surface area contributed by atoms with Gasteiger partial charge in [-0.15, -0.1) is 0 Å². The van der Waals surface area contributed by atoms with E-state index in [1.54, 1.807) is 12.1 Å². The van der Waals surface area contributed by atoms with Gasteiger partial charge in [-0.3, -0.25) is 0 Å². The van der Waals surface area contributed by atoms with Crippen molar-refractivity contribution in [2.24, 2.45) is 5.92 Å². The molecule has 0 bridgehead atoms. The largest absolute Gasteiger partial charge is 0.508 e. The fourth-order valence-corrected chi connectivity index (χ4v) is 3.37. The number of hydrogen-bond acceptors (Lipinski definition) is 3. The molecule has 0 radical (unpaired) electrons. The van der Waals surface area contributed by atoms with Crippen molar-refractivity contribution in [3.8, 4) is 5.75 Å². The molecule has 146 valence electrons. The quantitative estimate of drug-likeness (QED) is 0.697. The summed E-state index contributed by atoms with van der Waals surface area (Å²) in [6.07, 6.45) is -1.16. The number of aromatic hydroxyl groups is 1. The highest BCUT2D eigenvalue weighted by atomic mass is 19.4. The van der Waals surface area contributed by atoms with Crippen LogP contribution in [0.4, 0.5) is 18.9 Å². The predicted molar refractivity (Wildman–Crippen MR) is 98.8 cm³/mol. The van der Waals surface area contributed by atoms with Crippen molar-refractivity contribution in [1.82, 2.24) is 0 Å². The maximum absolute atomic E-state index is 12.5. The summed E-state index contributed by atoms with van der Waals surface area (Å²) in [7, 11) is 0. The first-order chi connectivity index (χ1) is 12.9. The zero-order chi connectivity index (χ0) is 19.3. The third-order valence-corrected chi connectivity index (χ3v) is 5.05. The molecule has 2 aromatic carbocycles. The number of ether oxygens (including phenoxy) is 1. The third kappa shape index (κ3) is 5.63. The number of anilines is 1. The summed E-state index contributed by atoms with van der Waals surface area (Å²) in [5, 5.41) is 9.37. The summed E-state index contributed by atoms with van der Waals surface area (Å²) in [5.41, 5.74) is 1.25. The van der Waals surface area contributed by atoms with Gasteiger partial charge in [-0.05, 0) is 67.1 Å². The first kappa shape index (κ1) is 19.5. The van der Waals surface area contributed by atoms with Crippen LogP contribution in [-0.2, 0) is 17.5 Å².